The van der Waals surface area contributed by atoms with E-state index in [0.717, 1.165) is 0 Å². The van der Waals surface area contributed by atoms with Gasteiger partial charge >= 0.3 is 0 Å². The first-order valence-electron chi connectivity index (χ1n) is 9.12. The number of hydrogen-bond donors (Lipinski definition) is 1. The summed E-state index contributed by atoms with van der Waals surface area (Å²) < 4.78 is 5.29. The number of ether oxygens (including phenoxy) is 1. The zero-order chi connectivity index (χ0) is 20.1. The van der Waals surface area contributed by atoms with Crippen molar-refractivity contribution in [1.29, 1.82) is 0 Å². The molecule has 1 aliphatic heterocycles. The summed E-state index contributed by atoms with van der Waals surface area (Å²) in [7, 11) is 1.54. The van der Waals surface area contributed by atoms with E-state index in [0.29, 0.717) is 55.0 Å². The maximum Gasteiger partial charge on any atom is 0.257 e. The third-order valence-electron chi connectivity index (χ3n) is 4.82. The van der Waals surface area contributed by atoms with E-state index in [-0.39, 0.29) is 11.8 Å². The van der Waals surface area contributed by atoms with Crippen molar-refractivity contribution in [3.8, 4) is 5.75 Å². The smallest absolute Gasteiger partial charge is 0.257 e. The second kappa shape index (κ2) is 8.56. The van der Waals surface area contributed by atoms with Crippen molar-refractivity contribution >= 4 is 17.7 Å². The first kappa shape index (κ1) is 19.4. The number of carbonyl (C=O) groups is 3. The molecule has 0 radical (unpaired) electrons. The molecule has 2 aromatic carbocycles. The molecule has 0 bridgehead atoms. The van der Waals surface area contributed by atoms with Crippen molar-refractivity contribution in [2.24, 2.45) is 5.73 Å². The molecule has 0 aliphatic carbocycles. The third-order valence-corrected chi connectivity index (χ3v) is 4.82. The van der Waals surface area contributed by atoms with E-state index in [1.807, 2.05) is 6.07 Å². The van der Waals surface area contributed by atoms with Gasteiger partial charge in [0.25, 0.3) is 11.8 Å². The van der Waals surface area contributed by atoms with Crippen LogP contribution in [0, 0.1) is 0 Å². The highest BCUT2D eigenvalue weighted by Crippen LogP contribution is 2.20. The molecule has 1 saturated heterocycles. The van der Waals surface area contributed by atoms with E-state index in [1.54, 1.807) is 59.4 Å². The van der Waals surface area contributed by atoms with Crippen LogP contribution in [-0.2, 0) is 0 Å². The molecule has 3 amide bonds. The predicted octanol–water partition coefficient (Wildman–Crippen LogP) is 1.78. The summed E-state index contributed by atoms with van der Waals surface area (Å²) in [6.07, 6.45) is 0.687. The van der Waals surface area contributed by atoms with Crippen LogP contribution in [0.5, 0.6) is 5.75 Å². The van der Waals surface area contributed by atoms with Crippen LogP contribution >= 0.6 is 0 Å². The summed E-state index contributed by atoms with van der Waals surface area (Å²) >= 11 is 0. The van der Waals surface area contributed by atoms with Gasteiger partial charge in [-0.2, -0.15) is 0 Å². The van der Waals surface area contributed by atoms with Crippen LogP contribution in [0.1, 0.15) is 37.5 Å². The highest BCUT2D eigenvalue weighted by molar-refractivity contribution is 5.98. The Morgan fingerprint density at radius 3 is 2.00 bits per heavy atom. The minimum Gasteiger partial charge on any atom is -0.496 e. The average Bonchev–Trinajstić information content (AvgIpc) is 2.99. The summed E-state index contributed by atoms with van der Waals surface area (Å²) in [6, 6.07) is 13.4. The van der Waals surface area contributed by atoms with Gasteiger partial charge in [0.2, 0.25) is 5.91 Å². The SMILES string of the molecule is COc1ccccc1C(=O)N1CCCN(C(=O)c2ccc(C(N)=O)cc2)CC1. The Kier molecular flexibility index (Phi) is 5.93. The Labute approximate surface area is 163 Å². The fourth-order valence-electron chi connectivity index (χ4n) is 3.27. The number of carbonyl (C=O) groups excluding carboxylic acids is 3. The Morgan fingerprint density at radius 1 is 0.821 bits per heavy atom. The van der Waals surface area contributed by atoms with E-state index < -0.39 is 5.91 Å². The summed E-state index contributed by atoms with van der Waals surface area (Å²) in [5.74, 6) is -0.210. The van der Waals surface area contributed by atoms with Crippen molar-refractivity contribution in [3.63, 3.8) is 0 Å². The second-order valence-electron chi connectivity index (χ2n) is 6.58. The molecule has 1 aliphatic rings. The number of nitrogens with zero attached hydrogens (tertiary/aromatic N) is 2. The molecule has 146 valence electrons. The molecule has 3 rings (SSSR count). The monoisotopic (exact) mass is 381 g/mol. The molecule has 0 aromatic heterocycles. The minimum atomic E-state index is -0.528. The zero-order valence-corrected chi connectivity index (χ0v) is 15.8. The topological polar surface area (TPSA) is 92.9 Å². The quantitative estimate of drug-likeness (QED) is 0.874. The fraction of sp³-hybridized carbons (Fsp3) is 0.286. The van der Waals surface area contributed by atoms with Crippen molar-refractivity contribution in [2.45, 2.75) is 6.42 Å². The largest absolute Gasteiger partial charge is 0.496 e. The standard InChI is InChI=1S/C21H23N3O4/c1-28-18-6-3-2-5-17(18)21(27)24-12-4-11-23(13-14-24)20(26)16-9-7-15(8-10-16)19(22)25/h2-3,5-10H,4,11-14H2,1H3,(H2,22,25). The van der Waals surface area contributed by atoms with Crippen LogP contribution in [0.4, 0.5) is 0 Å². The minimum absolute atomic E-state index is 0.0995. The van der Waals surface area contributed by atoms with Crippen molar-refractivity contribution in [1.82, 2.24) is 9.80 Å². The summed E-state index contributed by atoms with van der Waals surface area (Å²) in [5.41, 5.74) is 6.61. The summed E-state index contributed by atoms with van der Waals surface area (Å²) in [4.78, 5) is 40.3. The van der Waals surface area contributed by atoms with E-state index in [1.165, 1.54) is 0 Å². The van der Waals surface area contributed by atoms with Gasteiger partial charge in [0.15, 0.2) is 0 Å². The van der Waals surface area contributed by atoms with Gasteiger partial charge in [-0.25, -0.2) is 0 Å². The number of rotatable bonds is 4. The number of nitrogens with two attached hydrogens (primary N) is 1. The van der Waals surface area contributed by atoms with E-state index in [9.17, 15) is 14.4 Å². The van der Waals surface area contributed by atoms with E-state index in [4.69, 9.17) is 10.5 Å². The molecule has 1 heterocycles. The van der Waals surface area contributed by atoms with Gasteiger partial charge in [-0.1, -0.05) is 12.1 Å². The second-order valence-corrected chi connectivity index (χ2v) is 6.58. The predicted molar refractivity (Wildman–Crippen MR) is 104 cm³/mol. The van der Waals surface area contributed by atoms with Crippen LogP contribution in [-0.4, -0.2) is 60.8 Å². The zero-order valence-electron chi connectivity index (χ0n) is 15.8. The highest BCUT2D eigenvalue weighted by Gasteiger charge is 2.25. The van der Waals surface area contributed by atoms with Gasteiger partial charge in [0, 0.05) is 37.3 Å². The van der Waals surface area contributed by atoms with Crippen LogP contribution in [0.3, 0.4) is 0 Å². The van der Waals surface area contributed by atoms with Gasteiger partial charge < -0.3 is 20.3 Å². The Morgan fingerprint density at radius 2 is 1.39 bits per heavy atom. The van der Waals surface area contributed by atoms with Crippen LogP contribution in [0.15, 0.2) is 48.5 Å². The Hall–Kier alpha value is -3.35. The molecular weight excluding hydrogens is 358 g/mol. The summed E-state index contributed by atoms with van der Waals surface area (Å²) in [5, 5.41) is 0. The lowest BCUT2D eigenvalue weighted by atomic mass is 10.1. The van der Waals surface area contributed by atoms with Crippen LogP contribution in [0.2, 0.25) is 0 Å². The van der Waals surface area contributed by atoms with Gasteiger partial charge in [-0.15, -0.1) is 0 Å². The molecule has 0 unspecified atom stereocenters. The molecular formula is C21H23N3O4. The maximum absolute atomic E-state index is 12.9. The number of para-hydroxylation sites is 1. The Balaban J connectivity index is 1.68. The highest BCUT2D eigenvalue weighted by atomic mass is 16.5. The Bertz CT molecular complexity index is 879. The average molecular weight is 381 g/mol. The molecule has 0 atom stereocenters. The number of benzene rings is 2. The normalized spacial score (nSPS) is 14.3. The molecule has 0 saturated carbocycles. The van der Waals surface area contributed by atoms with E-state index >= 15 is 0 Å². The number of methoxy groups -OCH3 is 1. The van der Waals surface area contributed by atoms with Gasteiger partial charge in [0.1, 0.15) is 5.75 Å². The van der Waals surface area contributed by atoms with Gasteiger partial charge in [-0.3, -0.25) is 14.4 Å². The molecule has 7 nitrogen and oxygen atoms in total. The van der Waals surface area contributed by atoms with Crippen molar-refractivity contribution in [3.05, 3.63) is 65.2 Å². The lowest BCUT2D eigenvalue weighted by Gasteiger charge is -2.23. The summed E-state index contributed by atoms with van der Waals surface area (Å²) in [6.45, 7) is 2.02. The molecule has 1 fully saturated rings. The first-order chi connectivity index (χ1) is 13.5. The molecule has 7 heteroatoms. The van der Waals surface area contributed by atoms with Crippen molar-refractivity contribution in [2.75, 3.05) is 33.3 Å². The maximum atomic E-state index is 12.9. The molecule has 2 aromatic rings. The molecule has 2 N–H and O–H groups in total. The number of hydrogen-bond acceptors (Lipinski definition) is 4. The van der Waals surface area contributed by atoms with Crippen LogP contribution in [0.25, 0.3) is 0 Å². The number of amides is 3. The van der Waals surface area contributed by atoms with Gasteiger partial charge in [0.05, 0.1) is 12.7 Å². The van der Waals surface area contributed by atoms with E-state index in [2.05, 4.69) is 0 Å². The first-order valence-corrected chi connectivity index (χ1v) is 9.12. The van der Waals surface area contributed by atoms with Crippen molar-refractivity contribution < 1.29 is 19.1 Å². The lowest BCUT2D eigenvalue weighted by molar-refractivity contribution is 0.0717. The third kappa shape index (κ3) is 4.14. The lowest BCUT2D eigenvalue weighted by Crippen LogP contribution is -2.37. The molecule has 0 spiro atoms. The molecule has 28 heavy (non-hydrogen) atoms. The van der Waals surface area contributed by atoms with Crippen LogP contribution < -0.4 is 10.5 Å². The number of primary amides is 1. The fourth-order valence-corrected chi connectivity index (χ4v) is 3.27. The van der Waals surface area contributed by atoms with Gasteiger partial charge in [-0.05, 0) is 42.8 Å².